The molecule has 1 N–H and O–H groups in total. The molecule has 0 bridgehead atoms. The highest BCUT2D eigenvalue weighted by atomic mass is 16.5. The van der Waals surface area contributed by atoms with Crippen LogP contribution in [0.3, 0.4) is 0 Å². The van der Waals surface area contributed by atoms with Crippen LogP contribution in [0.1, 0.15) is 56.4 Å². The van der Waals surface area contributed by atoms with Crippen molar-refractivity contribution in [1.82, 2.24) is 15.1 Å². The van der Waals surface area contributed by atoms with Crippen LogP contribution in [0.25, 0.3) is 10.9 Å². The number of hydrogen-bond acceptors (Lipinski definition) is 4. The maximum atomic E-state index is 13.0. The smallest absolute Gasteiger partial charge is 0.329 e. The summed E-state index contributed by atoms with van der Waals surface area (Å²) in [5, 5.41) is 8.33. The first-order valence-electron chi connectivity index (χ1n) is 9.89. The summed E-state index contributed by atoms with van der Waals surface area (Å²) in [5.41, 5.74) is 0.936. The molecule has 1 aromatic heterocycles. The van der Waals surface area contributed by atoms with Gasteiger partial charge in [0.1, 0.15) is 6.04 Å². The SMILES string of the molecule is CC1(C)COC(=O)C1NC(=O)c1nn(CC2CCCCC2)c2ccccc12. The van der Waals surface area contributed by atoms with Crippen molar-refractivity contribution in [3.63, 3.8) is 0 Å². The molecule has 4 rings (SSSR count). The van der Waals surface area contributed by atoms with Gasteiger partial charge in [0.05, 0.1) is 12.1 Å². The number of benzene rings is 1. The van der Waals surface area contributed by atoms with Crippen LogP contribution in [0, 0.1) is 11.3 Å². The van der Waals surface area contributed by atoms with Gasteiger partial charge < -0.3 is 10.1 Å². The van der Waals surface area contributed by atoms with Gasteiger partial charge >= 0.3 is 5.97 Å². The zero-order valence-corrected chi connectivity index (χ0v) is 16.0. The Morgan fingerprint density at radius 1 is 1.26 bits per heavy atom. The second-order valence-corrected chi connectivity index (χ2v) is 8.55. The zero-order valence-electron chi connectivity index (χ0n) is 16.0. The summed E-state index contributed by atoms with van der Waals surface area (Å²) in [7, 11) is 0. The first-order valence-corrected chi connectivity index (χ1v) is 9.89. The van der Waals surface area contributed by atoms with Gasteiger partial charge in [-0.1, -0.05) is 51.3 Å². The molecule has 2 aliphatic rings. The minimum Gasteiger partial charge on any atom is -0.463 e. The molecule has 1 unspecified atom stereocenters. The minimum absolute atomic E-state index is 0.313. The Morgan fingerprint density at radius 2 is 2.00 bits per heavy atom. The Labute approximate surface area is 159 Å². The van der Waals surface area contributed by atoms with Gasteiger partial charge in [0.25, 0.3) is 5.91 Å². The maximum absolute atomic E-state index is 13.0. The summed E-state index contributed by atoms with van der Waals surface area (Å²) in [6.45, 7) is 4.99. The number of carbonyl (C=O) groups excluding carboxylic acids is 2. The summed E-state index contributed by atoms with van der Waals surface area (Å²) in [5.74, 6) is -0.0773. The van der Waals surface area contributed by atoms with Crippen molar-refractivity contribution in [2.24, 2.45) is 11.3 Å². The summed E-state index contributed by atoms with van der Waals surface area (Å²) in [6, 6.07) is 7.18. The highest BCUT2D eigenvalue weighted by Crippen LogP contribution is 2.30. The number of ether oxygens (including phenoxy) is 1. The van der Waals surface area contributed by atoms with Crippen LogP contribution in [0.15, 0.2) is 24.3 Å². The lowest BCUT2D eigenvalue weighted by Crippen LogP contribution is -2.46. The number of fused-ring (bicyclic) bond motifs is 1. The molecule has 1 aliphatic carbocycles. The molecule has 1 aromatic carbocycles. The molecule has 6 heteroatoms. The van der Waals surface area contributed by atoms with Gasteiger partial charge in [-0.3, -0.25) is 9.48 Å². The molecule has 1 aliphatic heterocycles. The van der Waals surface area contributed by atoms with Crippen LogP contribution < -0.4 is 5.32 Å². The number of nitrogens with zero attached hydrogens (tertiary/aromatic N) is 2. The third-order valence-electron chi connectivity index (χ3n) is 5.91. The fraction of sp³-hybridized carbons (Fsp3) is 0.571. The fourth-order valence-electron chi connectivity index (χ4n) is 4.25. The van der Waals surface area contributed by atoms with E-state index in [0.29, 0.717) is 18.2 Å². The van der Waals surface area contributed by atoms with E-state index in [-0.39, 0.29) is 11.9 Å². The zero-order chi connectivity index (χ0) is 19.0. The van der Waals surface area contributed by atoms with E-state index in [1.165, 1.54) is 32.1 Å². The molecule has 1 amide bonds. The highest BCUT2D eigenvalue weighted by Gasteiger charge is 2.44. The van der Waals surface area contributed by atoms with E-state index in [9.17, 15) is 9.59 Å². The monoisotopic (exact) mass is 369 g/mol. The molecule has 2 heterocycles. The molecule has 144 valence electrons. The van der Waals surface area contributed by atoms with Gasteiger partial charge in [-0.05, 0) is 24.8 Å². The Hall–Kier alpha value is -2.37. The lowest BCUT2D eigenvalue weighted by molar-refractivity contribution is -0.139. The number of nitrogens with one attached hydrogen (secondary N) is 1. The van der Waals surface area contributed by atoms with E-state index in [0.717, 1.165) is 17.4 Å². The van der Waals surface area contributed by atoms with E-state index < -0.39 is 11.5 Å². The average Bonchev–Trinajstić information content (AvgIpc) is 3.15. The van der Waals surface area contributed by atoms with Crippen molar-refractivity contribution < 1.29 is 14.3 Å². The summed E-state index contributed by atoms with van der Waals surface area (Å²) < 4.78 is 7.10. The van der Waals surface area contributed by atoms with Gasteiger partial charge in [-0.2, -0.15) is 5.10 Å². The number of rotatable bonds is 4. The predicted molar refractivity (Wildman–Crippen MR) is 102 cm³/mol. The van der Waals surface area contributed by atoms with Crippen LogP contribution >= 0.6 is 0 Å². The molecule has 2 aromatic rings. The van der Waals surface area contributed by atoms with E-state index in [1.807, 2.05) is 42.8 Å². The van der Waals surface area contributed by atoms with Crippen LogP contribution in [-0.2, 0) is 16.1 Å². The molecule has 0 radical (unpaired) electrons. The van der Waals surface area contributed by atoms with Gasteiger partial charge in [-0.25, -0.2) is 4.79 Å². The molecular weight excluding hydrogens is 342 g/mol. The van der Waals surface area contributed by atoms with Crippen LogP contribution in [-0.4, -0.2) is 34.3 Å². The normalized spacial score (nSPS) is 22.7. The highest BCUT2D eigenvalue weighted by molar-refractivity contribution is 6.06. The number of carbonyl (C=O) groups is 2. The third-order valence-corrected chi connectivity index (χ3v) is 5.91. The van der Waals surface area contributed by atoms with Crippen LogP contribution in [0.2, 0.25) is 0 Å². The molecule has 2 fully saturated rings. The number of esters is 1. The van der Waals surface area contributed by atoms with Gasteiger partial charge in [-0.15, -0.1) is 0 Å². The van der Waals surface area contributed by atoms with E-state index >= 15 is 0 Å². The third kappa shape index (κ3) is 3.45. The Bertz CT molecular complexity index is 865. The number of aromatic nitrogens is 2. The van der Waals surface area contributed by atoms with Crippen molar-refractivity contribution in [1.29, 1.82) is 0 Å². The molecule has 1 saturated heterocycles. The summed E-state index contributed by atoms with van der Waals surface area (Å²) >= 11 is 0. The van der Waals surface area contributed by atoms with Crippen LogP contribution in [0.5, 0.6) is 0 Å². The number of hydrogen-bond donors (Lipinski definition) is 1. The molecule has 1 atom stereocenters. The molecule has 6 nitrogen and oxygen atoms in total. The largest absolute Gasteiger partial charge is 0.463 e. The number of para-hydroxylation sites is 1. The summed E-state index contributed by atoms with van der Waals surface area (Å²) in [6.07, 6.45) is 6.30. The molecule has 27 heavy (non-hydrogen) atoms. The second-order valence-electron chi connectivity index (χ2n) is 8.55. The lowest BCUT2D eigenvalue weighted by Gasteiger charge is -2.22. The number of amides is 1. The quantitative estimate of drug-likeness (QED) is 0.839. The predicted octanol–water partition coefficient (Wildman–Crippen LogP) is 3.30. The van der Waals surface area contributed by atoms with Crippen molar-refractivity contribution >= 4 is 22.8 Å². The topological polar surface area (TPSA) is 73.2 Å². The Kier molecular flexibility index (Phi) is 4.66. The van der Waals surface area contributed by atoms with Gasteiger partial charge in [0.15, 0.2) is 5.69 Å². The molecule has 1 saturated carbocycles. The van der Waals surface area contributed by atoms with Crippen molar-refractivity contribution in [3.05, 3.63) is 30.0 Å². The van der Waals surface area contributed by atoms with Crippen molar-refractivity contribution in [2.75, 3.05) is 6.61 Å². The standard InChI is InChI=1S/C21H27N3O3/c1-21(2)13-27-20(26)18(21)22-19(25)17-15-10-6-7-11-16(15)24(23-17)12-14-8-4-3-5-9-14/h6-7,10-11,14,18H,3-5,8-9,12-13H2,1-2H3,(H,22,25). The summed E-state index contributed by atoms with van der Waals surface area (Å²) in [4.78, 5) is 25.0. The second kappa shape index (κ2) is 6.98. The minimum atomic E-state index is -0.646. The average molecular weight is 369 g/mol. The van der Waals surface area contributed by atoms with Crippen molar-refractivity contribution in [3.8, 4) is 0 Å². The fourth-order valence-corrected chi connectivity index (χ4v) is 4.25. The first kappa shape index (κ1) is 18.0. The van der Waals surface area contributed by atoms with E-state index in [4.69, 9.17) is 4.74 Å². The molecular formula is C21H27N3O3. The first-order chi connectivity index (χ1) is 13.0. The Balaban J connectivity index is 1.61. The Morgan fingerprint density at radius 3 is 2.70 bits per heavy atom. The lowest BCUT2D eigenvalue weighted by atomic mass is 9.87. The van der Waals surface area contributed by atoms with Crippen molar-refractivity contribution in [2.45, 2.75) is 58.5 Å². The molecule has 0 spiro atoms. The van der Waals surface area contributed by atoms with Gasteiger partial charge in [0, 0.05) is 17.3 Å². The van der Waals surface area contributed by atoms with Gasteiger partial charge in [0.2, 0.25) is 0 Å². The van der Waals surface area contributed by atoms with Crippen LogP contribution in [0.4, 0.5) is 0 Å². The van der Waals surface area contributed by atoms with E-state index in [1.54, 1.807) is 0 Å². The number of cyclic esters (lactones) is 1. The van der Waals surface area contributed by atoms with E-state index in [2.05, 4.69) is 10.4 Å². The maximum Gasteiger partial charge on any atom is 0.329 e.